The Morgan fingerprint density at radius 3 is 2.93 bits per heavy atom. The molecule has 0 aliphatic heterocycles. The number of benzene rings is 1. The first-order valence-electron chi connectivity index (χ1n) is 4.62. The maximum Gasteiger partial charge on any atom is 0.122 e. The second kappa shape index (κ2) is 3.50. The number of fused-ring (bicyclic) bond motifs is 1. The normalized spacial score (nSPS) is 10.7. The minimum atomic E-state index is 0.675. The minimum absolute atomic E-state index is 0.675. The van der Waals surface area contributed by atoms with Gasteiger partial charge in [0.05, 0.1) is 17.0 Å². The Morgan fingerprint density at radius 1 is 1.43 bits per heavy atom. The van der Waals surface area contributed by atoms with E-state index in [1.54, 1.807) is 11.3 Å². The van der Waals surface area contributed by atoms with E-state index in [9.17, 15) is 0 Å². The van der Waals surface area contributed by atoms with E-state index in [2.05, 4.69) is 18.4 Å². The van der Waals surface area contributed by atoms with E-state index in [4.69, 9.17) is 10.5 Å². The summed E-state index contributed by atoms with van der Waals surface area (Å²) >= 11 is 1.69. The SMILES string of the molecule is CCOc1cc(N)c2scc(C)c2c1. The summed E-state index contributed by atoms with van der Waals surface area (Å²) < 4.78 is 6.60. The van der Waals surface area contributed by atoms with Gasteiger partial charge in [0.15, 0.2) is 0 Å². The molecule has 2 aromatic rings. The van der Waals surface area contributed by atoms with Crippen molar-refractivity contribution in [3.05, 3.63) is 23.1 Å². The Morgan fingerprint density at radius 2 is 2.21 bits per heavy atom. The molecule has 14 heavy (non-hydrogen) atoms. The molecular formula is C11H13NOS. The molecule has 0 amide bonds. The Hall–Kier alpha value is -1.22. The van der Waals surface area contributed by atoms with Crippen molar-refractivity contribution in [2.45, 2.75) is 13.8 Å². The predicted octanol–water partition coefficient (Wildman–Crippen LogP) is 3.19. The van der Waals surface area contributed by atoms with E-state index in [1.807, 2.05) is 13.0 Å². The highest BCUT2D eigenvalue weighted by Gasteiger charge is 2.06. The summed E-state index contributed by atoms with van der Waals surface area (Å²) in [5.74, 6) is 0.860. The monoisotopic (exact) mass is 207 g/mol. The lowest BCUT2D eigenvalue weighted by Crippen LogP contribution is -1.93. The Balaban J connectivity index is 2.63. The van der Waals surface area contributed by atoms with Gasteiger partial charge in [0, 0.05) is 11.5 Å². The summed E-state index contributed by atoms with van der Waals surface area (Å²) in [7, 11) is 0. The van der Waals surface area contributed by atoms with Crippen LogP contribution in [-0.4, -0.2) is 6.61 Å². The van der Waals surface area contributed by atoms with Crippen molar-refractivity contribution >= 4 is 27.1 Å². The number of hydrogen-bond donors (Lipinski definition) is 1. The van der Waals surface area contributed by atoms with Gasteiger partial charge in [-0.2, -0.15) is 0 Å². The highest BCUT2D eigenvalue weighted by atomic mass is 32.1. The van der Waals surface area contributed by atoms with Crippen molar-refractivity contribution in [3.63, 3.8) is 0 Å². The summed E-state index contributed by atoms with van der Waals surface area (Å²) in [5, 5.41) is 3.33. The van der Waals surface area contributed by atoms with E-state index in [1.165, 1.54) is 10.9 Å². The van der Waals surface area contributed by atoms with Crippen LogP contribution in [0.4, 0.5) is 5.69 Å². The number of nitrogen functional groups attached to an aromatic ring is 1. The fraction of sp³-hybridized carbons (Fsp3) is 0.273. The highest BCUT2D eigenvalue weighted by molar-refractivity contribution is 7.18. The van der Waals surface area contributed by atoms with Crippen molar-refractivity contribution in [2.24, 2.45) is 0 Å². The van der Waals surface area contributed by atoms with Gasteiger partial charge < -0.3 is 10.5 Å². The Kier molecular flexibility index (Phi) is 2.33. The summed E-state index contributed by atoms with van der Waals surface area (Å²) in [4.78, 5) is 0. The molecule has 0 saturated heterocycles. The van der Waals surface area contributed by atoms with Gasteiger partial charge in [-0.05, 0) is 30.9 Å². The van der Waals surface area contributed by atoms with Crippen molar-refractivity contribution in [1.82, 2.24) is 0 Å². The van der Waals surface area contributed by atoms with Crippen molar-refractivity contribution in [2.75, 3.05) is 12.3 Å². The molecule has 0 aliphatic rings. The average molecular weight is 207 g/mol. The van der Waals surface area contributed by atoms with Crippen molar-refractivity contribution in [3.8, 4) is 5.75 Å². The molecule has 1 aromatic carbocycles. The average Bonchev–Trinajstić information content (AvgIpc) is 2.49. The quantitative estimate of drug-likeness (QED) is 0.767. The van der Waals surface area contributed by atoms with Crippen LogP contribution in [-0.2, 0) is 0 Å². The van der Waals surface area contributed by atoms with Gasteiger partial charge in [-0.3, -0.25) is 0 Å². The van der Waals surface area contributed by atoms with Crippen LogP contribution in [0, 0.1) is 6.92 Å². The summed E-state index contributed by atoms with van der Waals surface area (Å²) in [5.41, 5.74) is 8.00. The molecule has 0 saturated carbocycles. The third kappa shape index (κ3) is 1.44. The molecule has 0 aliphatic carbocycles. The molecule has 0 bridgehead atoms. The zero-order chi connectivity index (χ0) is 10.1. The fourth-order valence-corrected chi connectivity index (χ4v) is 2.47. The maximum atomic E-state index is 5.93. The highest BCUT2D eigenvalue weighted by Crippen LogP contribution is 2.34. The fourth-order valence-electron chi connectivity index (χ4n) is 1.51. The van der Waals surface area contributed by atoms with Crippen LogP contribution in [0.15, 0.2) is 17.5 Å². The second-order valence-corrected chi connectivity index (χ2v) is 4.12. The van der Waals surface area contributed by atoms with Crippen LogP contribution in [0.1, 0.15) is 12.5 Å². The molecule has 2 N–H and O–H groups in total. The first kappa shape index (κ1) is 9.34. The van der Waals surface area contributed by atoms with Gasteiger partial charge in [-0.15, -0.1) is 11.3 Å². The van der Waals surface area contributed by atoms with Crippen molar-refractivity contribution < 1.29 is 4.74 Å². The molecule has 1 heterocycles. The zero-order valence-corrected chi connectivity index (χ0v) is 9.15. The van der Waals surface area contributed by atoms with Crippen LogP contribution >= 0.6 is 11.3 Å². The molecule has 0 spiro atoms. The molecular weight excluding hydrogens is 194 g/mol. The van der Waals surface area contributed by atoms with E-state index in [-0.39, 0.29) is 0 Å². The number of aryl methyl sites for hydroxylation is 1. The van der Waals surface area contributed by atoms with Crippen LogP contribution in [0.2, 0.25) is 0 Å². The lowest BCUT2D eigenvalue weighted by atomic mass is 10.1. The number of ether oxygens (including phenoxy) is 1. The Labute approximate surface area is 87.3 Å². The molecule has 3 heteroatoms. The number of rotatable bonds is 2. The first-order valence-corrected chi connectivity index (χ1v) is 5.50. The second-order valence-electron chi connectivity index (χ2n) is 3.24. The molecule has 0 atom stereocenters. The zero-order valence-electron chi connectivity index (χ0n) is 8.33. The minimum Gasteiger partial charge on any atom is -0.494 e. The molecule has 1 aromatic heterocycles. The van der Waals surface area contributed by atoms with Gasteiger partial charge in [0.25, 0.3) is 0 Å². The molecule has 2 nitrogen and oxygen atoms in total. The number of anilines is 1. The van der Waals surface area contributed by atoms with Crippen molar-refractivity contribution in [1.29, 1.82) is 0 Å². The molecule has 0 unspecified atom stereocenters. The van der Waals surface area contributed by atoms with Gasteiger partial charge in [-0.1, -0.05) is 0 Å². The maximum absolute atomic E-state index is 5.93. The number of hydrogen-bond acceptors (Lipinski definition) is 3. The van der Waals surface area contributed by atoms with Crippen LogP contribution in [0.3, 0.4) is 0 Å². The first-order chi connectivity index (χ1) is 6.72. The lowest BCUT2D eigenvalue weighted by molar-refractivity contribution is 0.341. The van der Waals surface area contributed by atoms with Crippen LogP contribution in [0.5, 0.6) is 5.75 Å². The molecule has 0 radical (unpaired) electrons. The van der Waals surface area contributed by atoms with Crippen LogP contribution < -0.4 is 10.5 Å². The van der Waals surface area contributed by atoms with E-state index in [0.29, 0.717) is 6.61 Å². The third-order valence-electron chi connectivity index (χ3n) is 2.18. The Bertz CT molecular complexity index is 462. The molecule has 74 valence electrons. The number of nitrogens with two attached hydrogens (primary N) is 1. The van der Waals surface area contributed by atoms with Gasteiger partial charge in [0.1, 0.15) is 5.75 Å². The number of thiophene rings is 1. The molecule has 2 rings (SSSR count). The lowest BCUT2D eigenvalue weighted by Gasteiger charge is -2.05. The predicted molar refractivity (Wildman–Crippen MR) is 62.1 cm³/mol. The van der Waals surface area contributed by atoms with E-state index in [0.717, 1.165) is 16.1 Å². The summed E-state index contributed by atoms with van der Waals surface area (Å²) in [6.07, 6.45) is 0. The third-order valence-corrected chi connectivity index (χ3v) is 3.34. The van der Waals surface area contributed by atoms with E-state index < -0.39 is 0 Å². The molecule has 0 fully saturated rings. The topological polar surface area (TPSA) is 35.2 Å². The largest absolute Gasteiger partial charge is 0.494 e. The summed E-state index contributed by atoms with van der Waals surface area (Å²) in [6, 6.07) is 3.95. The van der Waals surface area contributed by atoms with Crippen LogP contribution in [0.25, 0.3) is 10.1 Å². The standard InChI is InChI=1S/C11H13NOS/c1-3-13-8-4-9-7(2)6-14-11(9)10(12)5-8/h4-6H,3,12H2,1-2H3. The van der Waals surface area contributed by atoms with Gasteiger partial charge in [-0.25, -0.2) is 0 Å². The van der Waals surface area contributed by atoms with E-state index >= 15 is 0 Å². The smallest absolute Gasteiger partial charge is 0.122 e. The van der Waals surface area contributed by atoms with Gasteiger partial charge in [0.2, 0.25) is 0 Å². The summed E-state index contributed by atoms with van der Waals surface area (Å²) in [6.45, 7) is 4.74. The van der Waals surface area contributed by atoms with Gasteiger partial charge >= 0.3 is 0 Å².